The minimum Gasteiger partial charge on any atom is -0.493 e. The van der Waals surface area contributed by atoms with Gasteiger partial charge in [0.2, 0.25) is 17.5 Å². The first kappa shape index (κ1) is 30.6. The molecule has 1 aliphatic rings. The van der Waals surface area contributed by atoms with Crippen molar-refractivity contribution in [3.8, 4) is 28.5 Å². The van der Waals surface area contributed by atoms with Crippen LogP contribution < -0.4 is 29.7 Å². The molecule has 1 aromatic heterocycles. The first-order valence-corrected chi connectivity index (χ1v) is 14.0. The molecular formula is C31H30ClFN4O7. The van der Waals surface area contributed by atoms with Crippen LogP contribution in [0.1, 0.15) is 15.9 Å². The van der Waals surface area contributed by atoms with Crippen molar-refractivity contribution in [2.45, 2.75) is 6.42 Å². The van der Waals surface area contributed by atoms with Gasteiger partial charge < -0.3 is 39.0 Å². The highest BCUT2D eigenvalue weighted by atomic mass is 35.5. The van der Waals surface area contributed by atoms with Crippen molar-refractivity contribution >= 4 is 40.7 Å². The van der Waals surface area contributed by atoms with Crippen molar-refractivity contribution in [3.63, 3.8) is 0 Å². The molecular weight excluding hydrogens is 595 g/mol. The van der Waals surface area contributed by atoms with Gasteiger partial charge in [-0.15, -0.1) is 0 Å². The Bertz CT molecular complexity index is 1630. The standard InChI is InChI=1S/C31H30ClFN4O7/c1-40-23-16-20(17-24(41-2)29(23)42-3)34-25(38)15-18-6-4-7-19(14-18)35-30(39)27-28(26-21(32)8-5-9-22(26)33)36-44-31(27)37-10-12-43-13-11-37/h4-9,14,16-17H,10-13,15H2,1-3H3,(H,34,38)(H,35,39). The van der Waals surface area contributed by atoms with E-state index in [4.69, 9.17) is 35.1 Å². The molecule has 0 spiro atoms. The van der Waals surface area contributed by atoms with E-state index >= 15 is 0 Å². The SMILES string of the molecule is COc1cc(NC(=O)Cc2cccc(NC(=O)c3c(-c4c(F)cccc4Cl)noc3N3CCOCC3)c2)cc(OC)c1OC. The topological polar surface area (TPSA) is 124 Å². The molecule has 2 heterocycles. The maximum atomic E-state index is 14.9. The number of ether oxygens (including phenoxy) is 4. The van der Waals surface area contributed by atoms with Crippen molar-refractivity contribution in [1.29, 1.82) is 0 Å². The maximum absolute atomic E-state index is 14.9. The molecule has 5 rings (SSSR count). The Labute approximate surface area is 257 Å². The number of rotatable bonds is 10. The van der Waals surface area contributed by atoms with E-state index in [1.807, 2.05) is 4.90 Å². The van der Waals surface area contributed by atoms with Crippen molar-refractivity contribution in [2.24, 2.45) is 0 Å². The predicted molar refractivity (Wildman–Crippen MR) is 163 cm³/mol. The Morgan fingerprint density at radius 3 is 2.32 bits per heavy atom. The molecule has 4 aromatic rings. The molecule has 2 amide bonds. The smallest absolute Gasteiger partial charge is 0.263 e. The van der Waals surface area contributed by atoms with Gasteiger partial charge in [-0.05, 0) is 29.8 Å². The van der Waals surface area contributed by atoms with Crippen LogP contribution in [-0.2, 0) is 16.0 Å². The minimum absolute atomic E-state index is 0.00273. The van der Waals surface area contributed by atoms with E-state index in [2.05, 4.69) is 15.8 Å². The molecule has 13 heteroatoms. The van der Waals surface area contributed by atoms with Crippen LogP contribution in [0.25, 0.3) is 11.3 Å². The summed E-state index contributed by atoms with van der Waals surface area (Å²) in [4.78, 5) is 28.5. The van der Waals surface area contributed by atoms with Crippen LogP contribution in [0.2, 0.25) is 5.02 Å². The van der Waals surface area contributed by atoms with E-state index in [1.54, 1.807) is 36.4 Å². The Morgan fingerprint density at radius 2 is 1.66 bits per heavy atom. The summed E-state index contributed by atoms with van der Waals surface area (Å²) >= 11 is 6.33. The second-order valence-corrected chi connectivity index (χ2v) is 10.1. The zero-order valence-corrected chi connectivity index (χ0v) is 25.0. The first-order valence-electron chi connectivity index (χ1n) is 13.6. The summed E-state index contributed by atoms with van der Waals surface area (Å²) in [5.41, 5.74) is 1.46. The number of halogens is 2. The summed E-state index contributed by atoms with van der Waals surface area (Å²) < 4.78 is 42.0. The van der Waals surface area contributed by atoms with Crippen molar-refractivity contribution < 1.29 is 37.5 Å². The van der Waals surface area contributed by atoms with E-state index in [9.17, 15) is 14.0 Å². The average Bonchev–Trinajstić information content (AvgIpc) is 3.46. The van der Waals surface area contributed by atoms with E-state index < -0.39 is 11.7 Å². The van der Waals surface area contributed by atoms with Gasteiger partial charge in [-0.2, -0.15) is 0 Å². The lowest BCUT2D eigenvalue weighted by Crippen LogP contribution is -2.37. The van der Waals surface area contributed by atoms with Crippen molar-refractivity contribution in [2.75, 3.05) is 63.2 Å². The molecule has 2 N–H and O–H groups in total. The third kappa shape index (κ3) is 6.56. The molecule has 3 aromatic carbocycles. The lowest BCUT2D eigenvalue weighted by atomic mass is 10.1. The molecule has 0 bridgehead atoms. The van der Waals surface area contributed by atoms with Gasteiger partial charge in [-0.3, -0.25) is 9.59 Å². The number of anilines is 3. The Kier molecular flexibility index (Phi) is 9.51. The molecule has 0 saturated carbocycles. The van der Waals surface area contributed by atoms with Crippen LogP contribution in [0.5, 0.6) is 17.2 Å². The van der Waals surface area contributed by atoms with Gasteiger partial charge in [0.1, 0.15) is 17.1 Å². The molecule has 1 aliphatic heterocycles. The average molecular weight is 625 g/mol. The number of benzene rings is 3. The number of carbonyl (C=O) groups is 2. The number of morpholine rings is 1. The maximum Gasteiger partial charge on any atom is 0.263 e. The van der Waals surface area contributed by atoms with Crippen molar-refractivity contribution in [1.82, 2.24) is 5.16 Å². The third-order valence-electron chi connectivity index (χ3n) is 6.90. The number of hydrogen-bond donors (Lipinski definition) is 2. The summed E-state index contributed by atoms with van der Waals surface area (Å²) in [5, 5.41) is 9.81. The van der Waals surface area contributed by atoms with Gasteiger partial charge >= 0.3 is 0 Å². The normalized spacial score (nSPS) is 12.9. The quantitative estimate of drug-likeness (QED) is 0.238. The Hall–Kier alpha value is -4.81. The number of methoxy groups -OCH3 is 3. The molecule has 230 valence electrons. The van der Waals surface area contributed by atoms with Crippen LogP contribution in [0.4, 0.5) is 21.6 Å². The zero-order valence-electron chi connectivity index (χ0n) is 24.2. The summed E-state index contributed by atoms with van der Waals surface area (Å²) in [5.74, 6) is -0.161. The fourth-order valence-corrected chi connectivity index (χ4v) is 5.11. The Morgan fingerprint density at radius 1 is 0.955 bits per heavy atom. The second-order valence-electron chi connectivity index (χ2n) is 9.70. The summed E-state index contributed by atoms with van der Waals surface area (Å²) in [7, 11) is 4.47. The monoisotopic (exact) mass is 624 g/mol. The fourth-order valence-electron chi connectivity index (χ4n) is 4.86. The number of nitrogens with one attached hydrogen (secondary N) is 2. The summed E-state index contributed by atoms with van der Waals surface area (Å²) in [6.45, 7) is 1.77. The highest BCUT2D eigenvalue weighted by Crippen LogP contribution is 2.40. The van der Waals surface area contributed by atoms with Crippen LogP contribution in [0.15, 0.2) is 59.1 Å². The predicted octanol–water partition coefficient (Wildman–Crippen LogP) is 5.43. The summed E-state index contributed by atoms with van der Waals surface area (Å²) in [6, 6.07) is 14.3. The summed E-state index contributed by atoms with van der Waals surface area (Å²) in [6.07, 6.45) is 0.00273. The molecule has 0 unspecified atom stereocenters. The second kappa shape index (κ2) is 13.7. The number of hydrogen-bond acceptors (Lipinski definition) is 9. The van der Waals surface area contributed by atoms with E-state index in [1.165, 1.54) is 39.5 Å². The number of aromatic nitrogens is 1. The highest BCUT2D eigenvalue weighted by Gasteiger charge is 2.31. The third-order valence-corrected chi connectivity index (χ3v) is 7.21. The molecule has 0 aliphatic carbocycles. The molecule has 1 saturated heterocycles. The fraction of sp³-hybridized carbons (Fsp3) is 0.258. The molecule has 11 nitrogen and oxygen atoms in total. The molecule has 44 heavy (non-hydrogen) atoms. The van der Waals surface area contributed by atoms with E-state index in [-0.39, 0.29) is 40.1 Å². The number of amides is 2. The number of nitrogens with zero attached hydrogens (tertiary/aromatic N) is 2. The van der Waals surface area contributed by atoms with Crippen LogP contribution in [0.3, 0.4) is 0 Å². The largest absolute Gasteiger partial charge is 0.493 e. The minimum atomic E-state index is -0.645. The zero-order chi connectivity index (χ0) is 31.2. The molecule has 0 radical (unpaired) electrons. The van der Waals surface area contributed by atoms with Gasteiger partial charge in [-0.25, -0.2) is 4.39 Å². The highest BCUT2D eigenvalue weighted by molar-refractivity contribution is 6.33. The van der Waals surface area contributed by atoms with Gasteiger partial charge in [0, 0.05) is 36.6 Å². The van der Waals surface area contributed by atoms with Gasteiger partial charge in [0.15, 0.2) is 11.5 Å². The van der Waals surface area contributed by atoms with Crippen LogP contribution in [0, 0.1) is 5.82 Å². The van der Waals surface area contributed by atoms with E-state index in [0.717, 1.165) is 0 Å². The molecule has 0 atom stereocenters. The number of carbonyl (C=O) groups excluding carboxylic acids is 2. The lowest BCUT2D eigenvalue weighted by Gasteiger charge is -2.26. The van der Waals surface area contributed by atoms with Crippen LogP contribution in [-0.4, -0.2) is 64.6 Å². The Balaban J connectivity index is 1.37. The van der Waals surface area contributed by atoms with Gasteiger partial charge in [-0.1, -0.05) is 35.0 Å². The van der Waals surface area contributed by atoms with Gasteiger partial charge in [0.05, 0.1) is 51.6 Å². The van der Waals surface area contributed by atoms with E-state index in [0.29, 0.717) is 60.5 Å². The van der Waals surface area contributed by atoms with Crippen LogP contribution >= 0.6 is 11.6 Å². The lowest BCUT2D eigenvalue weighted by molar-refractivity contribution is -0.115. The molecule has 1 fully saturated rings. The first-order chi connectivity index (χ1) is 21.3. The van der Waals surface area contributed by atoms with Crippen molar-refractivity contribution in [3.05, 3.63) is 76.6 Å². The van der Waals surface area contributed by atoms with Gasteiger partial charge in [0.25, 0.3) is 5.91 Å².